The van der Waals surface area contributed by atoms with Crippen molar-refractivity contribution in [3.05, 3.63) is 123 Å². The monoisotopic (exact) mass is 887 g/mol. The van der Waals surface area contributed by atoms with Gasteiger partial charge in [-0.05, 0) is 67.1 Å². The van der Waals surface area contributed by atoms with Crippen molar-refractivity contribution in [3.63, 3.8) is 0 Å². The number of nitrogens with zero attached hydrogens (tertiary/aromatic N) is 3. The summed E-state index contributed by atoms with van der Waals surface area (Å²) in [5.74, 6) is 3.16. The lowest BCUT2D eigenvalue weighted by molar-refractivity contribution is -0.150. The molecule has 64 heavy (non-hydrogen) atoms. The van der Waals surface area contributed by atoms with Crippen LogP contribution in [0.1, 0.15) is 62.5 Å². The van der Waals surface area contributed by atoms with Gasteiger partial charge < -0.3 is 42.6 Å². The average molecular weight is 888 g/mol. The van der Waals surface area contributed by atoms with Crippen molar-refractivity contribution in [1.82, 2.24) is 9.80 Å². The van der Waals surface area contributed by atoms with Gasteiger partial charge in [0.25, 0.3) is 0 Å². The van der Waals surface area contributed by atoms with Crippen LogP contribution in [0.5, 0.6) is 28.7 Å². The number of aryl methyl sites for hydroxylation is 1. The normalized spacial score (nSPS) is 21.7. The van der Waals surface area contributed by atoms with Crippen LogP contribution in [0.3, 0.4) is 0 Å². The van der Waals surface area contributed by atoms with Gasteiger partial charge in [-0.2, -0.15) is 5.26 Å². The predicted octanol–water partition coefficient (Wildman–Crippen LogP) is 7.91. The molecule has 2 bridgehead atoms. The third kappa shape index (κ3) is 7.33. The standard InChI is InChI=1S/C50H53N3O10S/c1-8-17-58-46-29(3)47-49(63-27-62-47)43-35(46)20-38-44-42-30(18-28(2)45(57-7)48(42)61-26-56-6)19-37(52(44)4)39(21-51)53(38)40(43)22-59-50(54)41(60-25-55-5)24-64-23-36-33-15-11-9-13-31(33)32-14-10-12-16-34(32)36/h8-16,18,24,36-40,44H,1,17,19-20,22-23,25-27H2,2-7H3/b41-24-/t37-,38?,39-,40-,44-/m0/s1. The highest BCUT2D eigenvalue weighted by atomic mass is 32.2. The van der Waals surface area contributed by atoms with Crippen LogP contribution in [-0.4, -0.2) is 102 Å². The fourth-order valence-corrected chi connectivity index (χ4v) is 11.7. The van der Waals surface area contributed by atoms with Crippen LogP contribution in [0.25, 0.3) is 11.1 Å². The number of hydrogen-bond acceptors (Lipinski definition) is 14. The fraction of sp³-hybridized carbons (Fsp3) is 0.400. The average Bonchev–Trinajstić information content (AvgIpc) is 3.92. The van der Waals surface area contributed by atoms with Crippen molar-refractivity contribution in [2.24, 2.45) is 0 Å². The molecule has 0 spiro atoms. The van der Waals surface area contributed by atoms with Gasteiger partial charge in [-0.15, -0.1) is 11.8 Å². The molecule has 13 nitrogen and oxygen atoms in total. The van der Waals surface area contributed by atoms with E-state index in [0.29, 0.717) is 47.3 Å². The van der Waals surface area contributed by atoms with Crippen LogP contribution in [0.15, 0.2) is 78.4 Å². The summed E-state index contributed by atoms with van der Waals surface area (Å²) < 4.78 is 54.2. The van der Waals surface area contributed by atoms with Gasteiger partial charge in [0.1, 0.15) is 25.0 Å². The molecule has 4 heterocycles. The van der Waals surface area contributed by atoms with Crippen LogP contribution >= 0.6 is 11.8 Å². The summed E-state index contributed by atoms with van der Waals surface area (Å²) in [6, 6.07) is 19.6. The number of rotatable bonds is 16. The van der Waals surface area contributed by atoms with Crippen molar-refractivity contribution in [2.75, 3.05) is 67.7 Å². The van der Waals surface area contributed by atoms with Crippen LogP contribution in [-0.2, 0) is 36.6 Å². The topological polar surface area (TPSA) is 130 Å². The number of thioether (sulfide) groups is 1. The highest BCUT2D eigenvalue weighted by molar-refractivity contribution is 8.02. The molecule has 1 saturated heterocycles. The molecule has 0 aromatic heterocycles. The Balaban J connectivity index is 1.11. The Morgan fingerprint density at radius 3 is 2.31 bits per heavy atom. The number of piperazine rings is 1. The van der Waals surface area contributed by atoms with Crippen LogP contribution in [0.2, 0.25) is 0 Å². The van der Waals surface area contributed by atoms with Crippen LogP contribution in [0.4, 0.5) is 0 Å². The molecule has 0 amide bonds. The highest BCUT2D eigenvalue weighted by Crippen LogP contribution is 2.59. The Morgan fingerprint density at radius 1 is 0.906 bits per heavy atom. The predicted molar refractivity (Wildman–Crippen MR) is 241 cm³/mol. The largest absolute Gasteiger partial charge is 0.493 e. The second-order valence-corrected chi connectivity index (χ2v) is 17.5. The molecular weight excluding hydrogens is 835 g/mol. The molecule has 0 radical (unpaired) electrons. The van der Waals surface area contributed by atoms with E-state index in [4.69, 9.17) is 42.6 Å². The van der Waals surface area contributed by atoms with Gasteiger partial charge in [0.15, 0.2) is 36.6 Å². The number of methoxy groups -OCH3 is 3. The summed E-state index contributed by atoms with van der Waals surface area (Å²) in [7, 11) is 6.81. The number of benzene rings is 4. The summed E-state index contributed by atoms with van der Waals surface area (Å²) in [6.07, 6.45) is 2.74. The first-order valence-corrected chi connectivity index (χ1v) is 22.5. The number of esters is 1. The lowest BCUT2D eigenvalue weighted by atomic mass is 9.71. The Hall–Kier alpha value is -5.69. The molecule has 4 aliphatic heterocycles. The number of ether oxygens (including phenoxy) is 9. The Labute approximate surface area is 378 Å². The summed E-state index contributed by atoms with van der Waals surface area (Å²) in [6.45, 7) is 7.88. The minimum atomic E-state index is -0.664. The van der Waals surface area contributed by atoms with E-state index in [-0.39, 0.29) is 63.4 Å². The van der Waals surface area contributed by atoms with Gasteiger partial charge in [-0.1, -0.05) is 67.3 Å². The van der Waals surface area contributed by atoms with Crippen molar-refractivity contribution >= 4 is 17.7 Å². The number of nitriles is 1. The molecule has 0 N–H and O–H groups in total. The molecular formula is C50H53N3O10S. The molecule has 1 fully saturated rings. The van der Waals surface area contributed by atoms with E-state index in [1.54, 1.807) is 25.7 Å². The molecule has 4 aromatic rings. The zero-order chi connectivity index (χ0) is 44.6. The first-order valence-electron chi connectivity index (χ1n) is 21.4. The van der Waals surface area contributed by atoms with Gasteiger partial charge >= 0.3 is 5.97 Å². The molecule has 1 aliphatic carbocycles. The van der Waals surface area contributed by atoms with E-state index < -0.39 is 18.1 Å². The molecule has 334 valence electrons. The summed E-state index contributed by atoms with van der Waals surface area (Å²) in [5.41, 5.74) is 10.4. The van der Waals surface area contributed by atoms with Gasteiger partial charge in [0.2, 0.25) is 12.6 Å². The van der Waals surface area contributed by atoms with E-state index in [2.05, 4.69) is 84.1 Å². The minimum Gasteiger partial charge on any atom is -0.493 e. The number of hydrogen-bond donors (Lipinski definition) is 0. The lowest BCUT2D eigenvalue weighted by Gasteiger charge is -2.59. The maximum absolute atomic E-state index is 14.4. The Bertz CT molecular complexity index is 2490. The lowest BCUT2D eigenvalue weighted by Crippen LogP contribution is -2.68. The molecule has 5 aliphatic rings. The first-order chi connectivity index (χ1) is 31.3. The van der Waals surface area contributed by atoms with Crippen LogP contribution < -0.4 is 23.7 Å². The van der Waals surface area contributed by atoms with Crippen molar-refractivity contribution < 1.29 is 47.4 Å². The third-order valence-electron chi connectivity index (χ3n) is 13.2. The van der Waals surface area contributed by atoms with E-state index in [1.165, 1.54) is 41.1 Å². The zero-order valence-electron chi connectivity index (χ0n) is 37.0. The van der Waals surface area contributed by atoms with E-state index in [1.807, 2.05) is 13.8 Å². The maximum Gasteiger partial charge on any atom is 0.374 e. The quantitative estimate of drug-likeness (QED) is 0.0355. The summed E-state index contributed by atoms with van der Waals surface area (Å²) in [5, 5.41) is 13.0. The second-order valence-electron chi connectivity index (χ2n) is 16.6. The van der Waals surface area contributed by atoms with E-state index in [0.717, 1.165) is 33.4 Å². The minimum absolute atomic E-state index is 0.0107. The SMILES string of the molecule is C=CCOc1c(C)c2c(c3c1CC1[C@H]4c5c(cc(C)c(OC)c5OCOC)C[C@@H]([C@H](C#N)N1[C@H]3COC(=O)/C(=C/SCC1c3ccccc3-c3ccccc31)OCOC)N4C)OCO2. The van der Waals surface area contributed by atoms with Crippen molar-refractivity contribution in [3.8, 4) is 45.9 Å². The van der Waals surface area contributed by atoms with E-state index >= 15 is 0 Å². The van der Waals surface area contributed by atoms with Gasteiger partial charge in [-0.3, -0.25) is 9.80 Å². The molecule has 14 heteroatoms. The Kier molecular flexibility index (Phi) is 12.5. The molecule has 0 saturated carbocycles. The van der Waals surface area contributed by atoms with Crippen LogP contribution in [0, 0.1) is 25.2 Å². The number of fused-ring (bicyclic) bond motifs is 12. The smallest absolute Gasteiger partial charge is 0.374 e. The van der Waals surface area contributed by atoms with Gasteiger partial charge in [0.05, 0.1) is 25.3 Å². The molecule has 4 aromatic carbocycles. The maximum atomic E-state index is 14.4. The second kappa shape index (κ2) is 18.4. The summed E-state index contributed by atoms with van der Waals surface area (Å²) in [4.78, 5) is 18.9. The number of likely N-dealkylation sites (N-methyl/N-ethyl adjacent to an activating group) is 1. The number of carbonyl (C=O) groups is 1. The first kappa shape index (κ1) is 43.6. The highest BCUT2D eigenvalue weighted by Gasteiger charge is 2.57. The van der Waals surface area contributed by atoms with Crippen molar-refractivity contribution in [1.29, 1.82) is 5.26 Å². The fourth-order valence-electron chi connectivity index (χ4n) is 10.7. The van der Waals surface area contributed by atoms with Gasteiger partial charge in [-0.25, -0.2) is 4.79 Å². The zero-order valence-corrected chi connectivity index (χ0v) is 37.8. The summed E-state index contributed by atoms with van der Waals surface area (Å²) >= 11 is 1.49. The van der Waals surface area contributed by atoms with E-state index in [9.17, 15) is 10.1 Å². The van der Waals surface area contributed by atoms with Crippen molar-refractivity contribution in [2.45, 2.75) is 62.8 Å². The third-order valence-corrected chi connectivity index (χ3v) is 14.1. The Morgan fingerprint density at radius 2 is 1.62 bits per heavy atom. The number of carbonyl (C=O) groups excluding carboxylic acids is 1. The van der Waals surface area contributed by atoms with Gasteiger partial charge in [0, 0.05) is 65.6 Å². The molecule has 5 atom stereocenters. The molecule has 1 unspecified atom stereocenters. The molecule has 9 rings (SSSR count).